The first-order valence-electron chi connectivity index (χ1n) is 5.92. The maximum Gasteiger partial charge on any atom is 0.416 e. The van der Waals surface area contributed by atoms with E-state index in [1.165, 1.54) is 16.8 Å². The van der Waals surface area contributed by atoms with Crippen LogP contribution in [0.25, 0.3) is 0 Å². The Hall–Kier alpha value is -2.57. The number of anilines is 1. The molecule has 0 unspecified atom stereocenters. The molecule has 0 saturated heterocycles. The summed E-state index contributed by atoms with van der Waals surface area (Å²) in [6.45, 7) is 0. The summed E-state index contributed by atoms with van der Waals surface area (Å²) in [5.41, 5.74) is -0.796. The second-order valence-electron chi connectivity index (χ2n) is 4.39. The monoisotopic (exact) mass is 296 g/mol. The van der Waals surface area contributed by atoms with Crippen molar-refractivity contribution in [2.45, 2.75) is 6.18 Å². The molecule has 0 spiro atoms. The van der Waals surface area contributed by atoms with Crippen LogP contribution in [0, 0.1) is 0 Å². The van der Waals surface area contributed by atoms with Gasteiger partial charge >= 0.3 is 6.18 Å². The van der Waals surface area contributed by atoms with Gasteiger partial charge in [-0.2, -0.15) is 13.2 Å². The molecule has 0 bridgehead atoms. The fraction of sp³-hybridized carbons (Fsp3) is 0.143. The fourth-order valence-corrected chi connectivity index (χ4v) is 1.64. The van der Waals surface area contributed by atoms with Gasteiger partial charge in [0.2, 0.25) is 0 Å². The van der Waals surface area contributed by atoms with Gasteiger partial charge in [0.1, 0.15) is 0 Å². The van der Waals surface area contributed by atoms with Gasteiger partial charge in [-0.3, -0.25) is 9.59 Å². The molecule has 1 N–H and O–H groups in total. The zero-order valence-electron chi connectivity index (χ0n) is 10.9. The molecule has 0 saturated carbocycles. The Morgan fingerprint density at radius 2 is 1.76 bits per heavy atom. The van der Waals surface area contributed by atoms with Crippen molar-refractivity contribution in [3.05, 3.63) is 64.1 Å². The molecule has 110 valence electrons. The van der Waals surface area contributed by atoms with Gasteiger partial charge in [-0.1, -0.05) is 0 Å². The predicted octanol–water partition coefficient (Wildman–Crippen LogP) is 2.66. The number of alkyl halides is 3. The van der Waals surface area contributed by atoms with E-state index in [0.29, 0.717) is 0 Å². The SMILES string of the molecule is Cn1ccc(C(=O)Nc2ccc(C(F)(F)F)cc2)cc1=O. The highest BCUT2D eigenvalue weighted by Crippen LogP contribution is 2.29. The van der Waals surface area contributed by atoms with Gasteiger partial charge in [-0.25, -0.2) is 0 Å². The molecule has 1 heterocycles. The molecule has 1 aromatic heterocycles. The molecule has 0 atom stereocenters. The number of pyridine rings is 1. The molecule has 1 aromatic carbocycles. The smallest absolute Gasteiger partial charge is 0.322 e. The van der Waals surface area contributed by atoms with Gasteiger partial charge in [0.05, 0.1) is 5.56 Å². The molecule has 0 radical (unpaired) electrons. The van der Waals surface area contributed by atoms with Crippen molar-refractivity contribution >= 4 is 11.6 Å². The summed E-state index contributed by atoms with van der Waals surface area (Å²) in [6, 6.07) is 6.66. The number of hydrogen-bond acceptors (Lipinski definition) is 2. The summed E-state index contributed by atoms with van der Waals surface area (Å²) in [4.78, 5) is 23.3. The van der Waals surface area contributed by atoms with E-state index in [0.717, 1.165) is 30.3 Å². The first kappa shape index (κ1) is 14.8. The lowest BCUT2D eigenvalue weighted by Crippen LogP contribution is -2.20. The van der Waals surface area contributed by atoms with Crippen molar-refractivity contribution in [3.63, 3.8) is 0 Å². The summed E-state index contributed by atoms with van der Waals surface area (Å²) in [5, 5.41) is 2.43. The van der Waals surface area contributed by atoms with Crippen LogP contribution in [0.1, 0.15) is 15.9 Å². The number of nitrogens with zero attached hydrogens (tertiary/aromatic N) is 1. The van der Waals surface area contributed by atoms with Gasteiger partial charge in [-0.15, -0.1) is 0 Å². The summed E-state index contributed by atoms with van der Waals surface area (Å²) in [6.07, 6.45) is -2.99. The molecule has 21 heavy (non-hydrogen) atoms. The van der Waals surface area contributed by atoms with E-state index in [-0.39, 0.29) is 16.8 Å². The molecular formula is C14H11F3N2O2. The lowest BCUT2D eigenvalue weighted by atomic mass is 10.2. The van der Waals surface area contributed by atoms with Gasteiger partial charge in [0.25, 0.3) is 11.5 Å². The van der Waals surface area contributed by atoms with E-state index in [2.05, 4.69) is 5.32 Å². The van der Waals surface area contributed by atoms with E-state index < -0.39 is 17.6 Å². The van der Waals surface area contributed by atoms with Crippen molar-refractivity contribution in [2.24, 2.45) is 7.05 Å². The number of aryl methyl sites for hydroxylation is 1. The molecule has 0 aliphatic rings. The molecule has 2 rings (SSSR count). The van der Waals surface area contributed by atoms with Crippen LogP contribution in [0.15, 0.2) is 47.4 Å². The number of hydrogen-bond donors (Lipinski definition) is 1. The van der Waals surface area contributed by atoms with Crippen LogP contribution in [0.5, 0.6) is 0 Å². The Balaban J connectivity index is 2.16. The number of amides is 1. The van der Waals surface area contributed by atoms with Crippen LogP contribution in [-0.2, 0) is 13.2 Å². The highest BCUT2D eigenvalue weighted by atomic mass is 19.4. The number of rotatable bonds is 2. The highest BCUT2D eigenvalue weighted by Gasteiger charge is 2.29. The zero-order valence-corrected chi connectivity index (χ0v) is 10.9. The Labute approximate surface area is 117 Å². The third-order valence-corrected chi connectivity index (χ3v) is 2.84. The van der Waals surface area contributed by atoms with Gasteiger partial charge in [0.15, 0.2) is 0 Å². The summed E-state index contributed by atoms with van der Waals surface area (Å²) in [7, 11) is 1.54. The van der Waals surface area contributed by atoms with Crippen molar-refractivity contribution in [1.29, 1.82) is 0 Å². The maximum absolute atomic E-state index is 12.4. The minimum Gasteiger partial charge on any atom is -0.322 e. The van der Waals surface area contributed by atoms with Gasteiger partial charge < -0.3 is 9.88 Å². The number of aromatic nitrogens is 1. The largest absolute Gasteiger partial charge is 0.416 e. The van der Waals surface area contributed by atoms with Gasteiger partial charge in [-0.05, 0) is 30.3 Å². The third kappa shape index (κ3) is 3.50. The zero-order chi connectivity index (χ0) is 15.6. The molecular weight excluding hydrogens is 285 g/mol. The lowest BCUT2D eigenvalue weighted by molar-refractivity contribution is -0.137. The first-order valence-corrected chi connectivity index (χ1v) is 5.92. The van der Waals surface area contributed by atoms with Crippen LogP contribution >= 0.6 is 0 Å². The standard InChI is InChI=1S/C14H11F3N2O2/c1-19-7-6-9(8-12(19)20)13(21)18-11-4-2-10(3-5-11)14(15,16)17/h2-8H,1H3,(H,18,21). The first-order chi connectivity index (χ1) is 9.77. The number of nitrogens with one attached hydrogen (secondary N) is 1. The normalized spacial score (nSPS) is 11.2. The molecule has 1 amide bonds. The Kier molecular flexibility index (Phi) is 3.84. The molecule has 4 nitrogen and oxygen atoms in total. The predicted molar refractivity (Wildman–Crippen MR) is 71.1 cm³/mol. The van der Waals surface area contributed by atoms with Crippen molar-refractivity contribution in [1.82, 2.24) is 4.57 Å². The highest BCUT2D eigenvalue weighted by molar-refractivity contribution is 6.04. The molecule has 0 aliphatic carbocycles. The number of benzene rings is 1. The average molecular weight is 296 g/mol. The van der Waals surface area contributed by atoms with Crippen molar-refractivity contribution < 1.29 is 18.0 Å². The minimum absolute atomic E-state index is 0.137. The summed E-state index contributed by atoms with van der Waals surface area (Å²) in [5.74, 6) is -0.563. The van der Waals surface area contributed by atoms with E-state index in [9.17, 15) is 22.8 Å². The van der Waals surface area contributed by atoms with Crippen LogP contribution < -0.4 is 10.9 Å². The van der Waals surface area contributed by atoms with Crippen molar-refractivity contribution in [3.8, 4) is 0 Å². The van der Waals surface area contributed by atoms with Crippen LogP contribution in [-0.4, -0.2) is 10.5 Å². The van der Waals surface area contributed by atoms with E-state index in [1.54, 1.807) is 7.05 Å². The fourth-order valence-electron chi connectivity index (χ4n) is 1.64. The maximum atomic E-state index is 12.4. The second kappa shape index (κ2) is 5.43. The quantitative estimate of drug-likeness (QED) is 0.926. The van der Waals surface area contributed by atoms with E-state index in [4.69, 9.17) is 0 Å². The minimum atomic E-state index is -4.42. The molecule has 7 heteroatoms. The number of halogens is 3. The van der Waals surface area contributed by atoms with E-state index >= 15 is 0 Å². The summed E-state index contributed by atoms with van der Waals surface area (Å²) >= 11 is 0. The molecule has 0 fully saturated rings. The molecule has 0 aliphatic heterocycles. The number of carbonyl (C=O) groups excluding carboxylic acids is 1. The Morgan fingerprint density at radius 1 is 1.14 bits per heavy atom. The van der Waals surface area contributed by atoms with Crippen LogP contribution in [0.2, 0.25) is 0 Å². The van der Waals surface area contributed by atoms with Crippen LogP contribution in [0.4, 0.5) is 18.9 Å². The van der Waals surface area contributed by atoms with Crippen LogP contribution in [0.3, 0.4) is 0 Å². The lowest BCUT2D eigenvalue weighted by Gasteiger charge is -2.09. The van der Waals surface area contributed by atoms with E-state index in [1.807, 2.05) is 0 Å². The number of carbonyl (C=O) groups is 1. The van der Waals surface area contributed by atoms with Gasteiger partial charge in [0, 0.05) is 30.6 Å². The Morgan fingerprint density at radius 3 is 2.29 bits per heavy atom. The van der Waals surface area contributed by atoms with Crippen molar-refractivity contribution in [2.75, 3.05) is 5.32 Å². The second-order valence-corrected chi connectivity index (χ2v) is 4.39. The Bertz CT molecular complexity index is 718. The molecule has 2 aromatic rings. The topological polar surface area (TPSA) is 51.1 Å². The average Bonchev–Trinajstić information content (AvgIpc) is 2.41. The summed E-state index contributed by atoms with van der Waals surface area (Å²) < 4.78 is 38.5. The third-order valence-electron chi connectivity index (χ3n) is 2.84.